The minimum absolute atomic E-state index is 0.0797. The third kappa shape index (κ3) is 3.11. The summed E-state index contributed by atoms with van der Waals surface area (Å²) in [6, 6.07) is 11.7. The van der Waals surface area contributed by atoms with Crippen LogP contribution in [0.2, 0.25) is 0 Å². The number of halogens is 1. The summed E-state index contributed by atoms with van der Waals surface area (Å²) in [6.07, 6.45) is 2.05. The number of para-hydroxylation sites is 1. The van der Waals surface area contributed by atoms with Crippen molar-refractivity contribution in [3.8, 4) is 11.6 Å². The molecular formula is C19H17FN2O2. The van der Waals surface area contributed by atoms with Gasteiger partial charge in [-0.1, -0.05) is 19.1 Å². The van der Waals surface area contributed by atoms with Gasteiger partial charge in [0.1, 0.15) is 17.1 Å². The molecule has 5 heteroatoms. The second-order valence-corrected chi connectivity index (χ2v) is 5.49. The number of carbonyl (C=O) groups excluding carboxylic acids is 1. The summed E-state index contributed by atoms with van der Waals surface area (Å²) in [7, 11) is 0. The van der Waals surface area contributed by atoms with Crippen LogP contribution in [0, 0.1) is 5.82 Å². The number of hydrogen-bond donors (Lipinski definition) is 0. The van der Waals surface area contributed by atoms with Crippen molar-refractivity contribution in [3.63, 3.8) is 0 Å². The molecule has 0 amide bonds. The molecule has 0 bridgehead atoms. The molecule has 0 radical (unpaired) electrons. The molecule has 1 atom stereocenters. The van der Waals surface area contributed by atoms with Crippen LogP contribution in [-0.2, 0) is 4.79 Å². The summed E-state index contributed by atoms with van der Waals surface area (Å²) in [6.45, 7) is 3.62. The van der Waals surface area contributed by atoms with Crippen LogP contribution in [-0.4, -0.2) is 15.8 Å². The predicted molar refractivity (Wildman–Crippen MR) is 89.7 cm³/mol. The molecule has 2 aromatic heterocycles. The molecule has 0 aliphatic carbocycles. The number of hydrogen-bond acceptors (Lipinski definition) is 4. The molecule has 24 heavy (non-hydrogen) atoms. The molecular weight excluding hydrogens is 307 g/mol. The summed E-state index contributed by atoms with van der Waals surface area (Å²) in [5, 5.41) is 0.697. The zero-order valence-corrected chi connectivity index (χ0v) is 13.5. The first-order valence-electron chi connectivity index (χ1n) is 7.81. The van der Waals surface area contributed by atoms with E-state index < -0.39 is 5.82 Å². The fraction of sp³-hybridized carbons (Fsp3) is 0.211. The standard InChI is InChI=1S/C19H17FN2O2/c1-3-15(23)12(2)18-16(8-5-11-21-18)24-17-10-9-13-6-4-7-14(20)19(13)22-17/h4-12H,3H2,1-2H3. The Kier molecular flexibility index (Phi) is 4.51. The number of aromatic nitrogens is 2. The van der Waals surface area contributed by atoms with E-state index in [-0.39, 0.29) is 23.1 Å². The Labute approximate surface area is 139 Å². The van der Waals surface area contributed by atoms with Crippen LogP contribution in [0.1, 0.15) is 31.9 Å². The third-order valence-electron chi connectivity index (χ3n) is 3.90. The number of benzene rings is 1. The average Bonchev–Trinajstić information content (AvgIpc) is 2.61. The van der Waals surface area contributed by atoms with Crippen molar-refractivity contribution in [2.24, 2.45) is 0 Å². The van der Waals surface area contributed by atoms with E-state index >= 15 is 0 Å². The average molecular weight is 324 g/mol. The van der Waals surface area contributed by atoms with Gasteiger partial charge in [-0.05, 0) is 31.2 Å². The van der Waals surface area contributed by atoms with Crippen LogP contribution in [0.5, 0.6) is 11.6 Å². The fourth-order valence-corrected chi connectivity index (χ4v) is 2.54. The minimum atomic E-state index is -0.404. The largest absolute Gasteiger partial charge is 0.437 e. The maximum atomic E-state index is 13.9. The Morgan fingerprint density at radius 2 is 2.04 bits per heavy atom. The van der Waals surface area contributed by atoms with Gasteiger partial charge in [-0.3, -0.25) is 9.78 Å². The lowest BCUT2D eigenvalue weighted by Gasteiger charge is -2.14. The van der Waals surface area contributed by atoms with E-state index in [1.54, 1.807) is 49.5 Å². The molecule has 2 heterocycles. The Bertz CT molecular complexity index is 895. The molecule has 4 nitrogen and oxygen atoms in total. The van der Waals surface area contributed by atoms with Gasteiger partial charge >= 0.3 is 0 Å². The molecule has 0 saturated carbocycles. The first-order valence-corrected chi connectivity index (χ1v) is 7.81. The molecule has 1 aromatic carbocycles. The number of carbonyl (C=O) groups is 1. The van der Waals surface area contributed by atoms with Crippen molar-refractivity contribution in [1.29, 1.82) is 0 Å². The molecule has 0 aliphatic rings. The lowest BCUT2D eigenvalue weighted by Crippen LogP contribution is -2.10. The van der Waals surface area contributed by atoms with E-state index in [9.17, 15) is 9.18 Å². The topological polar surface area (TPSA) is 52.1 Å². The quantitative estimate of drug-likeness (QED) is 0.686. The number of ketones is 1. The minimum Gasteiger partial charge on any atom is -0.437 e. The van der Waals surface area contributed by atoms with E-state index in [0.717, 1.165) is 0 Å². The second kappa shape index (κ2) is 6.74. The lowest BCUT2D eigenvalue weighted by atomic mass is 9.99. The maximum absolute atomic E-state index is 13.9. The highest BCUT2D eigenvalue weighted by molar-refractivity contribution is 5.85. The summed E-state index contributed by atoms with van der Waals surface area (Å²) < 4.78 is 19.7. The summed E-state index contributed by atoms with van der Waals surface area (Å²) >= 11 is 0. The SMILES string of the molecule is CCC(=O)C(C)c1ncccc1Oc1ccc2cccc(F)c2n1. The smallest absolute Gasteiger partial charge is 0.219 e. The van der Waals surface area contributed by atoms with Gasteiger partial charge in [-0.15, -0.1) is 0 Å². The number of pyridine rings is 2. The Balaban J connectivity index is 1.97. The number of rotatable bonds is 5. The van der Waals surface area contributed by atoms with Crippen molar-refractivity contribution in [2.45, 2.75) is 26.2 Å². The molecule has 0 N–H and O–H groups in total. The fourth-order valence-electron chi connectivity index (χ4n) is 2.54. The summed E-state index contributed by atoms with van der Waals surface area (Å²) in [5.74, 6) is 0.0198. The van der Waals surface area contributed by atoms with E-state index in [0.29, 0.717) is 23.3 Å². The zero-order chi connectivity index (χ0) is 17.1. The number of nitrogens with zero attached hydrogens (tertiary/aromatic N) is 2. The Morgan fingerprint density at radius 3 is 2.83 bits per heavy atom. The second-order valence-electron chi connectivity index (χ2n) is 5.49. The molecule has 0 spiro atoms. The normalized spacial score (nSPS) is 12.1. The highest BCUT2D eigenvalue weighted by Gasteiger charge is 2.19. The lowest BCUT2D eigenvalue weighted by molar-refractivity contribution is -0.119. The van der Waals surface area contributed by atoms with Gasteiger partial charge in [0.15, 0.2) is 5.75 Å². The van der Waals surface area contributed by atoms with E-state index in [2.05, 4.69) is 9.97 Å². The van der Waals surface area contributed by atoms with Crippen molar-refractivity contribution >= 4 is 16.7 Å². The summed E-state index contributed by atoms with van der Waals surface area (Å²) in [5.41, 5.74) is 0.804. The molecule has 1 unspecified atom stereocenters. The van der Waals surface area contributed by atoms with Crippen LogP contribution < -0.4 is 4.74 Å². The van der Waals surface area contributed by atoms with Crippen molar-refractivity contribution in [2.75, 3.05) is 0 Å². The van der Waals surface area contributed by atoms with Crippen LogP contribution in [0.25, 0.3) is 10.9 Å². The predicted octanol–water partition coefficient (Wildman–Crippen LogP) is 4.64. The van der Waals surface area contributed by atoms with Gasteiger partial charge in [0, 0.05) is 24.1 Å². The summed E-state index contributed by atoms with van der Waals surface area (Å²) in [4.78, 5) is 20.5. The van der Waals surface area contributed by atoms with Crippen LogP contribution in [0.15, 0.2) is 48.7 Å². The Morgan fingerprint density at radius 1 is 1.21 bits per heavy atom. The first kappa shape index (κ1) is 16.1. The van der Waals surface area contributed by atoms with Crippen molar-refractivity contribution in [1.82, 2.24) is 9.97 Å². The van der Waals surface area contributed by atoms with Crippen molar-refractivity contribution < 1.29 is 13.9 Å². The van der Waals surface area contributed by atoms with Crippen LogP contribution in [0.4, 0.5) is 4.39 Å². The third-order valence-corrected chi connectivity index (χ3v) is 3.90. The molecule has 122 valence electrons. The highest BCUT2D eigenvalue weighted by atomic mass is 19.1. The van der Waals surface area contributed by atoms with Crippen molar-refractivity contribution in [3.05, 3.63) is 60.2 Å². The van der Waals surface area contributed by atoms with Gasteiger partial charge in [0.2, 0.25) is 5.88 Å². The highest BCUT2D eigenvalue weighted by Crippen LogP contribution is 2.30. The first-order chi connectivity index (χ1) is 11.6. The number of fused-ring (bicyclic) bond motifs is 1. The molecule has 3 aromatic rings. The van der Waals surface area contributed by atoms with Gasteiger partial charge in [-0.2, -0.15) is 0 Å². The van der Waals surface area contributed by atoms with Gasteiger partial charge < -0.3 is 4.74 Å². The number of Topliss-reactive ketones (excluding diaryl/α,β-unsaturated/α-hetero) is 1. The van der Waals surface area contributed by atoms with Gasteiger partial charge in [-0.25, -0.2) is 9.37 Å². The molecule has 0 saturated heterocycles. The van der Waals surface area contributed by atoms with E-state index in [4.69, 9.17) is 4.74 Å². The van der Waals surface area contributed by atoms with Crippen LogP contribution in [0.3, 0.4) is 0 Å². The van der Waals surface area contributed by atoms with E-state index in [1.165, 1.54) is 6.07 Å². The molecule has 3 rings (SSSR count). The Hall–Kier alpha value is -2.82. The number of ether oxygens (including phenoxy) is 1. The molecule has 0 fully saturated rings. The molecule has 0 aliphatic heterocycles. The van der Waals surface area contributed by atoms with Gasteiger partial charge in [0.25, 0.3) is 0 Å². The van der Waals surface area contributed by atoms with E-state index in [1.807, 2.05) is 6.92 Å². The zero-order valence-electron chi connectivity index (χ0n) is 13.5. The maximum Gasteiger partial charge on any atom is 0.219 e. The monoisotopic (exact) mass is 324 g/mol. The van der Waals surface area contributed by atoms with Crippen LogP contribution >= 0.6 is 0 Å². The van der Waals surface area contributed by atoms with Gasteiger partial charge in [0.05, 0.1) is 11.6 Å².